The van der Waals surface area contributed by atoms with Crippen LogP contribution in [0, 0.1) is 5.92 Å². The fourth-order valence-corrected chi connectivity index (χ4v) is 3.01. The maximum atomic E-state index is 11.9. The molecule has 3 nitrogen and oxygen atoms in total. The molecule has 0 radical (unpaired) electrons. The van der Waals surface area contributed by atoms with Crippen molar-refractivity contribution in [3.05, 3.63) is 34.9 Å². The lowest BCUT2D eigenvalue weighted by Gasteiger charge is -2.16. The highest BCUT2D eigenvalue weighted by atomic mass is 16.3. The molecule has 0 aliphatic heterocycles. The number of aliphatic hydroxyl groups is 1. The summed E-state index contributed by atoms with van der Waals surface area (Å²) in [7, 11) is 0. The van der Waals surface area contributed by atoms with Crippen LogP contribution in [-0.2, 0) is 24.1 Å². The van der Waals surface area contributed by atoms with E-state index in [4.69, 9.17) is 0 Å². The maximum absolute atomic E-state index is 11.9. The molecule has 108 valence electrons. The number of amides is 1. The van der Waals surface area contributed by atoms with Crippen molar-refractivity contribution in [1.82, 2.24) is 5.32 Å². The maximum Gasteiger partial charge on any atom is 0.224 e. The highest BCUT2D eigenvalue weighted by Gasteiger charge is 2.29. The van der Waals surface area contributed by atoms with Crippen molar-refractivity contribution in [2.24, 2.45) is 5.92 Å². The lowest BCUT2D eigenvalue weighted by molar-refractivity contribution is -0.120. The predicted octanol–water partition coefficient (Wildman–Crippen LogP) is 2.00. The van der Waals surface area contributed by atoms with Gasteiger partial charge in [-0.05, 0) is 61.1 Å². The van der Waals surface area contributed by atoms with Crippen LogP contribution in [0.4, 0.5) is 0 Å². The Morgan fingerprint density at radius 3 is 2.75 bits per heavy atom. The molecule has 0 aromatic heterocycles. The number of aryl methyl sites for hydroxylation is 2. The summed E-state index contributed by atoms with van der Waals surface area (Å²) in [4.78, 5) is 11.9. The molecule has 2 aliphatic carbocycles. The SMILES string of the molecule is O=C(Cc1ccc2c(c1)CCCC2)NCC(O)C1CC1. The Morgan fingerprint density at radius 2 is 2.00 bits per heavy atom. The molecule has 1 atom stereocenters. The molecule has 1 fully saturated rings. The molecule has 1 aromatic rings. The van der Waals surface area contributed by atoms with Crippen molar-refractivity contribution in [3.8, 4) is 0 Å². The largest absolute Gasteiger partial charge is 0.391 e. The lowest BCUT2D eigenvalue weighted by Crippen LogP contribution is -2.34. The molecule has 1 aromatic carbocycles. The van der Waals surface area contributed by atoms with E-state index < -0.39 is 0 Å². The van der Waals surface area contributed by atoms with Crippen molar-refractivity contribution in [1.29, 1.82) is 0 Å². The standard InChI is InChI=1S/C17H23NO2/c19-16(14-7-8-14)11-18-17(20)10-12-5-6-13-3-1-2-4-15(13)9-12/h5-6,9,14,16,19H,1-4,7-8,10-11H2,(H,18,20). The second-order valence-corrected chi connectivity index (χ2v) is 6.20. The highest BCUT2D eigenvalue weighted by Crippen LogP contribution is 2.32. The number of benzene rings is 1. The first-order valence-corrected chi connectivity index (χ1v) is 7.78. The van der Waals surface area contributed by atoms with Gasteiger partial charge < -0.3 is 10.4 Å². The zero-order valence-electron chi connectivity index (χ0n) is 11.9. The summed E-state index contributed by atoms with van der Waals surface area (Å²) < 4.78 is 0. The Hall–Kier alpha value is -1.35. The van der Waals surface area contributed by atoms with Crippen LogP contribution in [0.1, 0.15) is 42.4 Å². The smallest absolute Gasteiger partial charge is 0.224 e. The van der Waals surface area contributed by atoms with Gasteiger partial charge in [-0.3, -0.25) is 4.79 Å². The van der Waals surface area contributed by atoms with Crippen LogP contribution >= 0.6 is 0 Å². The summed E-state index contributed by atoms with van der Waals surface area (Å²) in [6.07, 6.45) is 7.12. The van der Waals surface area contributed by atoms with Crippen molar-refractivity contribution in [2.75, 3.05) is 6.54 Å². The van der Waals surface area contributed by atoms with Crippen molar-refractivity contribution in [3.63, 3.8) is 0 Å². The summed E-state index contributed by atoms with van der Waals surface area (Å²) in [6.45, 7) is 0.397. The molecule has 0 spiro atoms. The van der Waals surface area contributed by atoms with Crippen LogP contribution in [0.2, 0.25) is 0 Å². The van der Waals surface area contributed by atoms with Crippen LogP contribution in [0.15, 0.2) is 18.2 Å². The van der Waals surface area contributed by atoms with Gasteiger partial charge in [-0.1, -0.05) is 18.2 Å². The number of carbonyl (C=O) groups is 1. The normalized spacial score (nSPS) is 19.2. The number of hydrogen-bond donors (Lipinski definition) is 2. The molecular weight excluding hydrogens is 250 g/mol. The average molecular weight is 273 g/mol. The fourth-order valence-electron chi connectivity index (χ4n) is 3.01. The van der Waals surface area contributed by atoms with E-state index in [0.29, 0.717) is 18.9 Å². The molecule has 1 saturated carbocycles. The second-order valence-electron chi connectivity index (χ2n) is 6.20. The van der Waals surface area contributed by atoms with Gasteiger partial charge in [0.05, 0.1) is 12.5 Å². The molecule has 1 amide bonds. The van der Waals surface area contributed by atoms with Crippen LogP contribution < -0.4 is 5.32 Å². The fraction of sp³-hybridized carbons (Fsp3) is 0.588. The van der Waals surface area contributed by atoms with E-state index in [1.165, 1.54) is 30.4 Å². The van der Waals surface area contributed by atoms with Gasteiger partial charge in [0.15, 0.2) is 0 Å². The Balaban J connectivity index is 1.52. The van der Waals surface area contributed by atoms with Gasteiger partial charge in [-0.15, -0.1) is 0 Å². The van der Waals surface area contributed by atoms with Gasteiger partial charge in [0.2, 0.25) is 5.91 Å². The number of carbonyl (C=O) groups excluding carboxylic acids is 1. The van der Waals surface area contributed by atoms with E-state index >= 15 is 0 Å². The zero-order valence-corrected chi connectivity index (χ0v) is 11.9. The number of nitrogens with one attached hydrogen (secondary N) is 1. The molecule has 0 saturated heterocycles. The number of fused-ring (bicyclic) bond motifs is 1. The minimum Gasteiger partial charge on any atom is -0.391 e. The molecule has 1 unspecified atom stereocenters. The molecular formula is C17H23NO2. The van der Waals surface area contributed by atoms with E-state index in [1.807, 2.05) is 0 Å². The van der Waals surface area contributed by atoms with Gasteiger partial charge in [0.1, 0.15) is 0 Å². The van der Waals surface area contributed by atoms with Gasteiger partial charge in [-0.25, -0.2) is 0 Å². The van der Waals surface area contributed by atoms with Crippen LogP contribution in [-0.4, -0.2) is 23.7 Å². The first kappa shape index (κ1) is 13.6. The van der Waals surface area contributed by atoms with E-state index in [0.717, 1.165) is 24.8 Å². The molecule has 2 N–H and O–H groups in total. The highest BCUT2D eigenvalue weighted by molar-refractivity contribution is 5.78. The van der Waals surface area contributed by atoms with Gasteiger partial charge in [0, 0.05) is 6.54 Å². The summed E-state index contributed by atoms with van der Waals surface area (Å²) in [5.74, 6) is 0.430. The Bertz CT molecular complexity index is 494. The first-order valence-electron chi connectivity index (χ1n) is 7.78. The van der Waals surface area contributed by atoms with Gasteiger partial charge in [0.25, 0.3) is 0 Å². The number of hydrogen-bond acceptors (Lipinski definition) is 2. The number of aliphatic hydroxyl groups excluding tert-OH is 1. The summed E-state index contributed by atoms with van der Waals surface area (Å²) in [6, 6.07) is 6.43. The quantitative estimate of drug-likeness (QED) is 0.862. The number of rotatable bonds is 5. The Morgan fingerprint density at radius 1 is 1.25 bits per heavy atom. The second kappa shape index (κ2) is 5.96. The molecule has 20 heavy (non-hydrogen) atoms. The van der Waals surface area contributed by atoms with E-state index in [2.05, 4.69) is 23.5 Å². The third kappa shape index (κ3) is 3.40. The third-order valence-electron chi connectivity index (χ3n) is 4.45. The molecule has 2 aliphatic rings. The lowest BCUT2D eigenvalue weighted by atomic mass is 9.90. The van der Waals surface area contributed by atoms with E-state index in [9.17, 15) is 9.90 Å². The molecule has 0 bridgehead atoms. The van der Waals surface area contributed by atoms with Crippen LogP contribution in [0.3, 0.4) is 0 Å². The van der Waals surface area contributed by atoms with Gasteiger partial charge >= 0.3 is 0 Å². The Kier molecular flexibility index (Phi) is 4.06. The third-order valence-corrected chi connectivity index (χ3v) is 4.45. The molecule has 3 heteroatoms. The van der Waals surface area contributed by atoms with Crippen molar-refractivity contribution < 1.29 is 9.90 Å². The van der Waals surface area contributed by atoms with E-state index in [1.54, 1.807) is 0 Å². The summed E-state index contributed by atoms with van der Waals surface area (Å²) in [5, 5.41) is 12.6. The van der Waals surface area contributed by atoms with Gasteiger partial charge in [-0.2, -0.15) is 0 Å². The van der Waals surface area contributed by atoms with Crippen molar-refractivity contribution >= 4 is 5.91 Å². The van der Waals surface area contributed by atoms with Crippen molar-refractivity contribution in [2.45, 2.75) is 51.0 Å². The summed E-state index contributed by atoms with van der Waals surface area (Å²) in [5.41, 5.74) is 3.95. The molecule has 0 heterocycles. The monoisotopic (exact) mass is 273 g/mol. The van der Waals surface area contributed by atoms with E-state index in [-0.39, 0.29) is 12.0 Å². The minimum absolute atomic E-state index is 0.0143. The van der Waals surface area contributed by atoms with Crippen LogP contribution in [0.5, 0.6) is 0 Å². The summed E-state index contributed by atoms with van der Waals surface area (Å²) >= 11 is 0. The predicted molar refractivity (Wildman–Crippen MR) is 78.5 cm³/mol. The zero-order chi connectivity index (χ0) is 13.9. The average Bonchev–Trinajstić information content (AvgIpc) is 3.29. The van der Waals surface area contributed by atoms with Crippen LogP contribution in [0.25, 0.3) is 0 Å². The minimum atomic E-state index is -0.359. The topological polar surface area (TPSA) is 49.3 Å². The first-order chi connectivity index (χ1) is 9.72. The Labute approximate surface area is 120 Å². The molecule has 3 rings (SSSR count).